The topological polar surface area (TPSA) is 38.0 Å². The summed E-state index contributed by atoms with van der Waals surface area (Å²) in [6.07, 6.45) is 2.13. The number of hydrogen-bond donors (Lipinski definition) is 2. The van der Waals surface area contributed by atoms with Crippen molar-refractivity contribution in [1.29, 1.82) is 0 Å². The van der Waals surface area contributed by atoms with E-state index >= 15 is 0 Å². The van der Waals surface area contributed by atoms with E-state index in [4.69, 9.17) is 5.73 Å². The fourth-order valence-corrected chi connectivity index (χ4v) is 2.12. The Morgan fingerprint density at radius 1 is 1.11 bits per heavy atom. The molecule has 1 rings (SSSR count). The lowest BCUT2D eigenvalue weighted by atomic mass is 9.86. The number of hydrogen-bond acceptors (Lipinski definition) is 2. The molecule has 0 heterocycles. The zero-order valence-corrected chi connectivity index (χ0v) is 12.5. The van der Waals surface area contributed by atoms with Crippen molar-refractivity contribution in [3.05, 3.63) is 35.4 Å². The van der Waals surface area contributed by atoms with Crippen LogP contribution in [0.25, 0.3) is 0 Å². The van der Waals surface area contributed by atoms with Gasteiger partial charge in [0.25, 0.3) is 0 Å². The van der Waals surface area contributed by atoms with Crippen LogP contribution in [0, 0.1) is 0 Å². The van der Waals surface area contributed by atoms with Crippen LogP contribution in [-0.4, -0.2) is 13.1 Å². The van der Waals surface area contributed by atoms with E-state index in [1.165, 1.54) is 11.1 Å². The number of nitrogens with two attached hydrogens (primary N) is 1. The monoisotopic (exact) mass is 248 g/mol. The molecule has 1 aromatic rings. The summed E-state index contributed by atoms with van der Waals surface area (Å²) in [6.45, 7) is 8.80. The lowest BCUT2D eigenvalue weighted by molar-refractivity contribution is 0.496. The van der Waals surface area contributed by atoms with Crippen LogP contribution >= 0.6 is 0 Å². The van der Waals surface area contributed by atoms with Crippen LogP contribution in [0.5, 0.6) is 0 Å². The van der Waals surface area contributed by atoms with Gasteiger partial charge in [-0.15, -0.1) is 0 Å². The average Bonchev–Trinajstić information content (AvgIpc) is 2.29. The van der Waals surface area contributed by atoms with E-state index in [0.29, 0.717) is 6.04 Å². The highest BCUT2D eigenvalue weighted by Gasteiger charge is 2.15. The van der Waals surface area contributed by atoms with Gasteiger partial charge in [-0.05, 0) is 43.4 Å². The van der Waals surface area contributed by atoms with Crippen LogP contribution in [-0.2, 0) is 5.41 Å². The van der Waals surface area contributed by atoms with E-state index in [9.17, 15) is 0 Å². The van der Waals surface area contributed by atoms with E-state index in [1.54, 1.807) is 0 Å². The zero-order chi connectivity index (χ0) is 13.8. The molecule has 0 spiro atoms. The lowest BCUT2D eigenvalue weighted by Crippen LogP contribution is -2.21. The smallest absolute Gasteiger partial charge is 0.0318 e. The Labute approximate surface area is 112 Å². The van der Waals surface area contributed by atoms with Gasteiger partial charge in [-0.2, -0.15) is 0 Å². The van der Waals surface area contributed by atoms with Crippen LogP contribution in [0.4, 0.5) is 0 Å². The van der Waals surface area contributed by atoms with Gasteiger partial charge < -0.3 is 11.1 Å². The Balaban J connectivity index is 2.76. The minimum absolute atomic E-state index is 0.222. The second kappa shape index (κ2) is 6.35. The Morgan fingerprint density at radius 2 is 1.67 bits per heavy atom. The fraction of sp³-hybridized carbons (Fsp3) is 0.625. The van der Waals surface area contributed by atoms with E-state index in [1.807, 2.05) is 7.05 Å². The maximum absolute atomic E-state index is 5.83. The minimum atomic E-state index is 0.222. The van der Waals surface area contributed by atoms with Crippen molar-refractivity contribution in [3.63, 3.8) is 0 Å². The molecule has 2 heteroatoms. The molecule has 0 fully saturated rings. The first-order chi connectivity index (χ1) is 8.34. The van der Waals surface area contributed by atoms with Gasteiger partial charge in [-0.25, -0.2) is 0 Å². The standard InChI is InChI=1S/C16H28N2/c1-12(17)6-11-15(18-5)13-7-9-14(10-8-13)16(2,3)4/h7-10,12,15,18H,6,11,17H2,1-5H3. The molecule has 1 aromatic carbocycles. The predicted octanol–water partition coefficient (Wildman–Crippen LogP) is 3.37. The van der Waals surface area contributed by atoms with Gasteiger partial charge in [-0.1, -0.05) is 45.0 Å². The fourth-order valence-electron chi connectivity index (χ4n) is 2.12. The molecule has 0 aliphatic rings. The third-order valence-electron chi connectivity index (χ3n) is 3.44. The molecule has 0 aliphatic carbocycles. The maximum Gasteiger partial charge on any atom is 0.0318 e. The summed E-state index contributed by atoms with van der Waals surface area (Å²) in [5.41, 5.74) is 8.78. The van der Waals surface area contributed by atoms with Crippen LogP contribution in [0.1, 0.15) is 57.7 Å². The Hall–Kier alpha value is -0.860. The summed E-state index contributed by atoms with van der Waals surface area (Å²) in [5, 5.41) is 3.38. The van der Waals surface area contributed by atoms with E-state index in [-0.39, 0.29) is 11.5 Å². The highest BCUT2D eigenvalue weighted by Crippen LogP contribution is 2.25. The Morgan fingerprint density at radius 3 is 2.06 bits per heavy atom. The summed E-state index contributed by atoms with van der Waals surface area (Å²) in [4.78, 5) is 0. The SMILES string of the molecule is CNC(CCC(C)N)c1ccc(C(C)(C)C)cc1. The van der Waals surface area contributed by atoms with Gasteiger partial charge in [0.15, 0.2) is 0 Å². The van der Waals surface area contributed by atoms with Crippen molar-refractivity contribution in [1.82, 2.24) is 5.32 Å². The molecule has 0 saturated carbocycles. The normalized spacial score (nSPS) is 15.4. The van der Waals surface area contributed by atoms with E-state index in [2.05, 4.69) is 57.3 Å². The van der Waals surface area contributed by atoms with Crippen molar-refractivity contribution in [2.24, 2.45) is 5.73 Å². The summed E-state index contributed by atoms with van der Waals surface area (Å²) in [5.74, 6) is 0. The van der Waals surface area contributed by atoms with Gasteiger partial charge in [0.05, 0.1) is 0 Å². The summed E-state index contributed by atoms with van der Waals surface area (Å²) in [6, 6.07) is 9.64. The van der Waals surface area contributed by atoms with Crippen molar-refractivity contribution in [3.8, 4) is 0 Å². The third-order valence-corrected chi connectivity index (χ3v) is 3.44. The molecular formula is C16H28N2. The first-order valence-corrected chi connectivity index (χ1v) is 6.88. The van der Waals surface area contributed by atoms with E-state index < -0.39 is 0 Å². The van der Waals surface area contributed by atoms with Gasteiger partial charge in [0.2, 0.25) is 0 Å². The Kier molecular flexibility index (Phi) is 5.36. The Bertz CT molecular complexity index is 346. The minimum Gasteiger partial charge on any atom is -0.328 e. The average molecular weight is 248 g/mol. The van der Waals surface area contributed by atoms with Gasteiger partial charge in [0, 0.05) is 12.1 Å². The zero-order valence-electron chi connectivity index (χ0n) is 12.5. The summed E-state index contributed by atoms with van der Waals surface area (Å²) >= 11 is 0. The van der Waals surface area contributed by atoms with Crippen molar-refractivity contribution < 1.29 is 0 Å². The van der Waals surface area contributed by atoms with Crippen LogP contribution in [0.2, 0.25) is 0 Å². The molecule has 2 nitrogen and oxygen atoms in total. The molecule has 18 heavy (non-hydrogen) atoms. The second-order valence-electron chi connectivity index (χ2n) is 6.27. The van der Waals surface area contributed by atoms with Crippen molar-refractivity contribution in [2.45, 2.75) is 58.0 Å². The van der Waals surface area contributed by atoms with Crippen LogP contribution in [0.3, 0.4) is 0 Å². The first kappa shape index (κ1) is 15.2. The molecule has 0 amide bonds. The van der Waals surface area contributed by atoms with Gasteiger partial charge in [-0.3, -0.25) is 0 Å². The second-order valence-corrected chi connectivity index (χ2v) is 6.27. The molecule has 0 aliphatic heterocycles. The molecule has 0 saturated heterocycles. The number of benzene rings is 1. The highest BCUT2D eigenvalue weighted by molar-refractivity contribution is 5.29. The van der Waals surface area contributed by atoms with Crippen molar-refractivity contribution >= 4 is 0 Å². The molecular weight excluding hydrogens is 220 g/mol. The lowest BCUT2D eigenvalue weighted by Gasteiger charge is -2.22. The molecule has 2 atom stereocenters. The highest BCUT2D eigenvalue weighted by atomic mass is 14.9. The molecule has 2 unspecified atom stereocenters. The molecule has 0 bridgehead atoms. The summed E-state index contributed by atoms with van der Waals surface area (Å²) in [7, 11) is 2.02. The molecule has 3 N–H and O–H groups in total. The van der Waals surface area contributed by atoms with Crippen LogP contribution in [0.15, 0.2) is 24.3 Å². The molecule has 0 aromatic heterocycles. The molecule has 102 valence electrons. The summed E-state index contributed by atoms with van der Waals surface area (Å²) < 4.78 is 0. The van der Waals surface area contributed by atoms with Crippen molar-refractivity contribution in [2.75, 3.05) is 7.05 Å². The van der Waals surface area contributed by atoms with E-state index in [0.717, 1.165) is 12.8 Å². The predicted molar refractivity (Wildman–Crippen MR) is 79.8 cm³/mol. The molecule has 0 radical (unpaired) electrons. The third kappa shape index (κ3) is 4.43. The number of rotatable bonds is 5. The number of nitrogens with one attached hydrogen (secondary N) is 1. The van der Waals surface area contributed by atoms with Gasteiger partial charge >= 0.3 is 0 Å². The quantitative estimate of drug-likeness (QED) is 0.838. The largest absolute Gasteiger partial charge is 0.328 e. The first-order valence-electron chi connectivity index (χ1n) is 6.88. The van der Waals surface area contributed by atoms with Gasteiger partial charge in [0.1, 0.15) is 0 Å². The maximum atomic E-state index is 5.83. The van der Waals surface area contributed by atoms with Crippen LogP contribution < -0.4 is 11.1 Å².